The molecule has 0 aliphatic heterocycles. The predicted octanol–water partition coefficient (Wildman–Crippen LogP) is 4.95. The lowest BCUT2D eigenvalue weighted by Gasteiger charge is -2.32. The molecule has 1 fully saturated rings. The molecule has 1 N–H and O–H groups in total. The topological polar surface area (TPSA) is 49.4 Å². The van der Waals surface area contributed by atoms with Crippen LogP contribution in [0.3, 0.4) is 0 Å². The van der Waals surface area contributed by atoms with E-state index < -0.39 is 6.04 Å². The summed E-state index contributed by atoms with van der Waals surface area (Å²) >= 11 is 1.52. The number of nitrogens with one attached hydrogen (secondary N) is 1. The lowest BCUT2D eigenvalue weighted by Crippen LogP contribution is -2.51. The van der Waals surface area contributed by atoms with E-state index in [0.29, 0.717) is 18.7 Å². The number of carbonyl (C=O) groups is 2. The standard InChI is InChI=1S/C25H32N2O2S/c1-3-23(25(29)26-21-13-9-10-14-21)27(17-20-12-8-7-11-19(20)2)24(28)18-30-22-15-5-4-6-16-22/h4-8,11-12,15-16,21,23H,3,9-10,13-14,17-18H2,1-2H3,(H,26,29). The zero-order chi connectivity index (χ0) is 21.3. The van der Waals surface area contributed by atoms with Gasteiger partial charge >= 0.3 is 0 Å². The van der Waals surface area contributed by atoms with Gasteiger partial charge in [-0.3, -0.25) is 9.59 Å². The summed E-state index contributed by atoms with van der Waals surface area (Å²) in [6.07, 6.45) is 5.02. The van der Waals surface area contributed by atoms with Gasteiger partial charge in [-0.05, 0) is 49.4 Å². The van der Waals surface area contributed by atoms with Crippen LogP contribution in [0.1, 0.15) is 50.2 Å². The molecular formula is C25H32N2O2S. The minimum atomic E-state index is -0.450. The van der Waals surface area contributed by atoms with Crippen LogP contribution in [-0.4, -0.2) is 34.6 Å². The van der Waals surface area contributed by atoms with Crippen molar-refractivity contribution in [2.75, 3.05) is 5.75 Å². The Morgan fingerprint density at radius 3 is 2.40 bits per heavy atom. The van der Waals surface area contributed by atoms with E-state index in [2.05, 4.69) is 18.3 Å². The highest BCUT2D eigenvalue weighted by molar-refractivity contribution is 8.00. The Hall–Kier alpha value is -2.27. The summed E-state index contributed by atoms with van der Waals surface area (Å²) in [5.74, 6) is 0.305. The first-order chi connectivity index (χ1) is 14.6. The van der Waals surface area contributed by atoms with Crippen molar-refractivity contribution in [1.82, 2.24) is 10.2 Å². The number of aryl methyl sites for hydroxylation is 1. The van der Waals surface area contributed by atoms with Crippen LogP contribution in [0.4, 0.5) is 0 Å². The molecule has 1 aliphatic rings. The van der Waals surface area contributed by atoms with E-state index in [4.69, 9.17) is 0 Å². The normalized spacial score (nSPS) is 15.0. The van der Waals surface area contributed by atoms with Crippen molar-refractivity contribution < 1.29 is 9.59 Å². The van der Waals surface area contributed by atoms with Gasteiger partial charge in [0, 0.05) is 17.5 Å². The van der Waals surface area contributed by atoms with Gasteiger partial charge in [-0.2, -0.15) is 0 Å². The second-order valence-corrected chi connectivity index (χ2v) is 9.01. The molecule has 4 nitrogen and oxygen atoms in total. The van der Waals surface area contributed by atoms with Crippen LogP contribution in [0.25, 0.3) is 0 Å². The van der Waals surface area contributed by atoms with E-state index in [1.807, 2.05) is 55.5 Å². The average Bonchev–Trinajstić information content (AvgIpc) is 3.27. The third kappa shape index (κ3) is 6.11. The summed E-state index contributed by atoms with van der Waals surface area (Å²) in [5.41, 5.74) is 2.22. The van der Waals surface area contributed by atoms with Gasteiger partial charge in [0.05, 0.1) is 5.75 Å². The minimum Gasteiger partial charge on any atom is -0.352 e. The van der Waals surface area contributed by atoms with Crippen LogP contribution in [0, 0.1) is 6.92 Å². The molecule has 0 aromatic heterocycles. The molecule has 5 heteroatoms. The molecule has 0 radical (unpaired) electrons. The molecule has 1 saturated carbocycles. The van der Waals surface area contributed by atoms with Crippen molar-refractivity contribution in [1.29, 1.82) is 0 Å². The Morgan fingerprint density at radius 1 is 1.07 bits per heavy atom. The van der Waals surface area contributed by atoms with Crippen molar-refractivity contribution in [2.45, 2.75) is 69.5 Å². The van der Waals surface area contributed by atoms with E-state index >= 15 is 0 Å². The number of nitrogens with zero attached hydrogens (tertiary/aromatic N) is 1. The fourth-order valence-electron chi connectivity index (χ4n) is 4.00. The fourth-order valence-corrected chi connectivity index (χ4v) is 4.81. The summed E-state index contributed by atoms with van der Waals surface area (Å²) in [4.78, 5) is 29.3. The first kappa shape index (κ1) is 22.4. The largest absolute Gasteiger partial charge is 0.352 e. The SMILES string of the molecule is CCC(C(=O)NC1CCCC1)N(Cc1ccccc1C)C(=O)CSc1ccccc1. The fraction of sp³-hybridized carbons (Fsp3) is 0.440. The second-order valence-electron chi connectivity index (χ2n) is 7.96. The Kier molecular flexibility index (Phi) is 8.38. The average molecular weight is 425 g/mol. The molecule has 1 unspecified atom stereocenters. The van der Waals surface area contributed by atoms with Crippen molar-refractivity contribution in [3.8, 4) is 0 Å². The number of amides is 2. The van der Waals surface area contributed by atoms with Gasteiger partial charge in [-0.25, -0.2) is 0 Å². The third-order valence-corrected chi connectivity index (χ3v) is 6.79. The van der Waals surface area contributed by atoms with Gasteiger partial charge in [-0.15, -0.1) is 11.8 Å². The summed E-state index contributed by atoms with van der Waals surface area (Å²) in [6, 6.07) is 17.8. The van der Waals surface area contributed by atoms with Crippen LogP contribution in [0.2, 0.25) is 0 Å². The quantitative estimate of drug-likeness (QED) is 0.579. The van der Waals surface area contributed by atoms with Gasteiger partial charge in [0.1, 0.15) is 6.04 Å². The van der Waals surface area contributed by atoms with Crippen molar-refractivity contribution >= 4 is 23.6 Å². The summed E-state index contributed by atoms with van der Waals surface area (Å²) < 4.78 is 0. The number of thioether (sulfide) groups is 1. The van der Waals surface area contributed by atoms with Crippen LogP contribution in [-0.2, 0) is 16.1 Å². The molecule has 1 atom stereocenters. The van der Waals surface area contributed by atoms with E-state index in [-0.39, 0.29) is 17.9 Å². The minimum absolute atomic E-state index is 0.000489. The molecule has 30 heavy (non-hydrogen) atoms. The number of hydrogen-bond donors (Lipinski definition) is 1. The van der Waals surface area contributed by atoms with Crippen molar-refractivity contribution in [3.63, 3.8) is 0 Å². The molecule has 0 saturated heterocycles. The van der Waals surface area contributed by atoms with Crippen LogP contribution in [0.15, 0.2) is 59.5 Å². The smallest absolute Gasteiger partial charge is 0.243 e. The van der Waals surface area contributed by atoms with Gasteiger partial charge in [-0.1, -0.05) is 62.2 Å². The molecular weight excluding hydrogens is 392 g/mol. The number of carbonyl (C=O) groups excluding carboxylic acids is 2. The van der Waals surface area contributed by atoms with E-state index in [0.717, 1.165) is 28.9 Å². The Labute approximate surface area is 184 Å². The first-order valence-electron chi connectivity index (χ1n) is 10.9. The lowest BCUT2D eigenvalue weighted by atomic mass is 10.1. The van der Waals surface area contributed by atoms with Crippen molar-refractivity contribution in [3.05, 3.63) is 65.7 Å². The van der Waals surface area contributed by atoms with E-state index in [9.17, 15) is 9.59 Å². The van der Waals surface area contributed by atoms with Crippen molar-refractivity contribution in [2.24, 2.45) is 0 Å². The van der Waals surface area contributed by atoms with Crippen LogP contribution < -0.4 is 5.32 Å². The highest BCUT2D eigenvalue weighted by Crippen LogP contribution is 2.22. The van der Waals surface area contributed by atoms with E-state index in [1.54, 1.807) is 4.90 Å². The molecule has 1 aliphatic carbocycles. The van der Waals surface area contributed by atoms with Gasteiger partial charge in [0.2, 0.25) is 11.8 Å². The Bertz CT molecular complexity index is 834. The zero-order valence-corrected chi connectivity index (χ0v) is 18.8. The lowest BCUT2D eigenvalue weighted by molar-refractivity contribution is -0.139. The third-order valence-electron chi connectivity index (χ3n) is 5.79. The van der Waals surface area contributed by atoms with Gasteiger partial charge in [0.25, 0.3) is 0 Å². The maximum absolute atomic E-state index is 13.3. The van der Waals surface area contributed by atoms with E-state index in [1.165, 1.54) is 24.6 Å². The summed E-state index contributed by atoms with van der Waals surface area (Å²) in [5, 5.41) is 3.20. The summed E-state index contributed by atoms with van der Waals surface area (Å²) in [7, 11) is 0. The Balaban J connectivity index is 1.76. The first-order valence-corrected chi connectivity index (χ1v) is 11.9. The molecule has 160 valence electrons. The van der Waals surface area contributed by atoms with Crippen LogP contribution >= 0.6 is 11.8 Å². The van der Waals surface area contributed by atoms with Crippen LogP contribution in [0.5, 0.6) is 0 Å². The zero-order valence-electron chi connectivity index (χ0n) is 18.0. The highest BCUT2D eigenvalue weighted by atomic mass is 32.2. The number of rotatable bonds is 9. The Morgan fingerprint density at radius 2 is 1.73 bits per heavy atom. The molecule has 0 bridgehead atoms. The number of hydrogen-bond acceptors (Lipinski definition) is 3. The molecule has 3 rings (SSSR count). The predicted molar refractivity (Wildman–Crippen MR) is 123 cm³/mol. The van der Waals surface area contributed by atoms with Gasteiger partial charge in [0.15, 0.2) is 0 Å². The maximum atomic E-state index is 13.3. The second kappa shape index (κ2) is 11.2. The molecule has 2 aromatic rings. The number of benzene rings is 2. The molecule has 2 amide bonds. The maximum Gasteiger partial charge on any atom is 0.243 e. The monoisotopic (exact) mass is 424 g/mol. The highest BCUT2D eigenvalue weighted by Gasteiger charge is 2.30. The molecule has 0 heterocycles. The van der Waals surface area contributed by atoms with Gasteiger partial charge < -0.3 is 10.2 Å². The summed E-state index contributed by atoms with van der Waals surface area (Å²) in [6.45, 7) is 4.50. The molecule has 2 aromatic carbocycles. The molecule has 0 spiro atoms.